The molecule has 2 aromatic rings. The van der Waals surface area contributed by atoms with Gasteiger partial charge in [-0.2, -0.15) is 0 Å². The van der Waals surface area contributed by atoms with Crippen molar-refractivity contribution in [2.45, 2.75) is 38.3 Å². The number of hydrogen-bond acceptors (Lipinski definition) is 3. The number of likely N-dealkylation sites (tertiary alicyclic amines) is 1. The number of aryl methyl sites for hydroxylation is 1. The lowest BCUT2D eigenvalue weighted by atomic mass is 9.91. The van der Waals surface area contributed by atoms with Gasteiger partial charge in [0.25, 0.3) is 0 Å². The molecule has 3 heterocycles. The second kappa shape index (κ2) is 5.85. The molecule has 4 heteroatoms. The number of H-pyrrole nitrogens is 1. The van der Waals surface area contributed by atoms with Gasteiger partial charge >= 0.3 is 0 Å². The van der Waals surface area contributed by atoms with Gasteiger partial charge in [0.05, 0.1) is 12.0 Å². The fourth-order valence-electron chi connectivity index (χ4n) is 3.58. The van der Waals surface area contributed by atoms with Crippen molar-refractivity contribution in [1.82, 2.24) is 14.9 Å². The van der Waals surface area contributed by atoms with Crippen molar-refractivity contribution in [3.8, 4) is 5.75 Å². The number of rotatable bonds is 2. The Balaban J connectivity index is 1.47. The number of aromatic amines is 1. The largest absolute Gasteiger partial charge is 0.483 e. The van der Waals surface area contributed by atoms with Gasteiger partial charge in [0.15, 0.2) is 0 Å². The Hall–Kier alpha value is -2.07. The summed E-state index contributed by atoms with van der Waals surface area (Å²) in [6.45, 7) is 5.16. The van der Waals surface area contributed by atoms with Gasteiger partial charge in [-0.25, -0.2) is 4.98 Å². The van der Waals surface area contributed by atoms with Crippen LogP contribution in [0.1, 0.15) is 36.2 Å². The molecule has 0 unspecified atom stereocenters. The van der Waals surface area contributed by atoms with Gasteiger partial charge in [-0.3, -0.25) is 4.90 Å². The minimum absolute atomic E-state index is 0.135. The van der Waals surface area contributed by atoms with Gasteiger partial charge in [0, 0.05) is 30.8 Å². The van der Waals surface area contributed by atoms with Crippen LogP contribution in [0.4, 0.5) is 0 Å². The highest BCUT2D eigenvalue weighted by atomic mass is 16.5. The number of fused-ring (bicyclic) bond motifs is 1. The average Bonchev–Trinajstić information content (AvgIpc) is 2.87. The molecule has 4 nitrogen and oxygen atoms in total. The number of ether oxygens (including phenoxy) is 1. The first-order chi connectivity index (χ1) is 11.2. The number of benzene rings is 1. The Morgan fingerprint density at radius 2 is 2.17 bits per heavy atom. The van der Waals surface area contributed by atoms with Crippen LogP contribution in [0.25, 0.3) is 6.08 Å². The maximum atomic E-state index is 6.41. The molecule has 0 amide bonds. The third-order valence-electron chi connectivity index (χ3n) is 5.03. The summed E-state index contributed by atoms with van der Waals surface area (Å²) < 4.78 is 6.41. The molecule has 1 aromatic carbocycles. The van der Waals surface area contributed by atoms with E-state index in [2.05, 4.69) is 58.2 Å². The Kier molecular flexibility index (Phi) is 3.69. The van der Waals surface area contributed by atoms with Crippen LogP contribution in [0.2, 0.25) is 0 Å². The zero-order valence-corrected chi connectivity index (χ0v) is 13.6. The lowest BCUT2D eigenvalue weighted by Crippen LogP contribution is -2.37. The van der Waals surface area contributed by atoms with E-state index in [1.807, 2.05) is 0 Å². The fraction of sp³-hybridized carbons (Fsp3) is 0.421. The van der Waals surface area contributed by atoms with Crippen LogP contribution in [0.15, 0.2) is 36.7 Å². The maximum absolute atomic E-state index is 6.41. The van der Waals surface area contributed by atoms with Crippen molar-refractivity contribution in [3.05, 3.63) is 53.6 Å². The van der Waals surface area contributed by atoms with Crippen molar-refractivity contribution >= 4 is 6.08 Å². The molecule has 1 spiro atoms. The topological polar surface area (TPSA) is 41.2 Å². The highest BCUT2D eigenvalue weighted by Crippen LogP contribution is 2.37. The van der Waals surface area contributed by atoms with E-state index in [0.29, 0.717) is 0 Å². The third kappa shape index (κ3) is 2.91. The molecule has 0 radical (unpaired) electrons. The van der Waals surface area contributed by atoms with Crippen molar-refractivity contribution in [2.24, 2.45) is 0 Å². The predicted molar refractivity (Wildman–Crippen MR) is 91.3 cm³/mol. The van der Waals surface area contributed by atoms with Gasteiger partial charge in [-0.15, -0.1) is 0 Å². The zero-order chi connectivity index (χ0) is 15.7. The molecule has 1 atom stereocenters. The normalized spacial score (nSPS) is 24.2. The Bertz CT molecular complexity index is 721. The van der Waals surface area contributed by atoms with Gasteiger partial charge in [-0.1, -0.05) is 24.3 Å². The van der Waals surface area contributed by atoms with E-state index in [4.69, 9.17) is 4.74 Å². The number of aromatic nitrogens is 2. The molecule has 4 rings (SSSR count). The SMILES string of the molecule is Cc1[nH]cnc1CN1CCC[C@@]2(C=Cc3ccccc3O2)CC1. The lowest BCUT2D eigenvalue weighted by molar-refractivity contribution is 0.0990. The molecule has 23 heavy (non-hydrogen) atoms. The summed E-state index contributed by atoms with van der Waals surface area (Å²) in [5, 5.41) is 0. The van der Waals surface area contributed by atoms with E-state index in [1.54, 1.807) is 6.33 Å². The molecule has 0 bridgehead atoms. The Labute approximate surface area is 137 Å². The second-order valence-electron chi connectivity index (χ2n) is 6.64. The smallest absolute Gasteiger partial charge is 0.129 e. The van der Waals surface area contributed by atoms with Crippen molar-refractivity contribution in [1.29, 1.82) is 0 Å². The first kappa shape index (κ1) is 14.5. The van der Waals surface area contributed by atoms with Crippen molar-refractivity contribution in [2.75, 3.05) is 13.1 Å². The predicted octanol–water partition coefficient (Wildman–Crippen LogP) is 3.55. The molecule has 1 fully saturated rings. The average molecular weight is 309 g/mol. The molecule has 1 saturated heterocycles. The highest BCUT2D eigenvalue weighted by Gasteiger charge is 2.34. The first-order valence-corrected chi connectivity index (χ1v) is 8.43. The molecule has 1 aromatic heterocycles. The van der Waals surface area contributed by atoms with Crippen LogP contribution in [-0.2, 0) is 6.54 Å². The summed E-state index contributed by atoms with van der Waals surface area (Å²) in [6, 6.07) is 8.30. The molecular weight excluding hydrogens is 286 g/mol. The number of nitrogens with one attached hydrogen (secondary N) is 1. The van der Waals surface area contributed by atoms with E-state index in [-0.39, 0.29) is 5.60 Å². The fourth-order valence-corrected chi connectivity index (χ4v) is 3.58. The summed E-state index contributed by atoms with van der Waals surface area (Å²) in [5.41, 5.74) is 3.38. The molecule has 1 N–H and O–H groups in total. The quantitative estimate of drug-likeness (QED) is 0.922. The third-order valence-corrected chi connectivity index (χ3v) is 5.03. The molecule has 120 valence electrons. The van der Waals surface area contributed by atoms with Crippen LogP contribution >= 0.6 is 0 Å². The first-order valence-electron chi connectivity index (χ1n) is 8.43. The van der Waals surface area contributed by atoms with Gasteiger partial charge in [-0.05, 0) is 38.5 Å². The summed E-state index contributed by atoms with van der Waals surface area (Å²) in [5.74, 6) is 1.02. The minimum atomic E-state index is -0.135. The van der Waals surface area contributed by atoms with Crippen LogP contribution in [0.3, 0.4) is 0 Å². The summed E-state index contributed by atoms with van der Waals surface area (Å²) in [6.07, 6.45) is 9.55. The minimum Gasteiger partial charge on any atom is -0.483 e. The zero-order valence-electron chi connectivity index (χ0n) is 13.6. The van der Waals surface area contributed by atoms with E-state index >= 15 is 0 Å². The number of imidazole rings is 1. The summed E-state index contributed by atoms with van der Waals surface area (Å²) in [7, 11) is 0. The van der Waals surface area contributed by atoms with Gasteiger partial charge in [0.2, 0.25) is 0 Å². The van der Waals surface area contributed by atoms with Crippen molar-refractivity contribution in [3.63, 3.8) is 0 Å². The molecule has 2 aliphatic heterocycles. The lowest BCUT2D eigenvalue weighted by Gasteiger charge is -2.34. The van der Waals surface area contributed by atoms with Crippen LogP contribution in [0.5, 0.6) is 5.75 Å². The Morgan fingerprint density at radius 1 is 1.26 bits per heavy atom. The molecule has 2 aliphatic rings. The van der Waals surface area contributed by atoms with E-state index in [1.165, 1.54) is 11.3 Å². The number of nitrogens with zero attached hydrogens (tertiary/aromatic N) is 2. The standard InChI is InChI=1S/C19H23N3O/c1-15-17(21-14-20-15)13-22-11-4-8-19(10-12-22)9-7-16-5-2-3-6-18(16)23-19/h2-3,5-7,9,14H,4,8,10-13H2,1H3,(H,20,21)/t19-/m1/s1. The molecule has 0 aliphatic carbocycles. The van der Waals surface area contributed by atoms with Crippen LogP contribution in [0, 0.1) is 6.92 Å². The highest BCUT2D eigenvalue weighted by molar-refractivity contribution is 5.60. The summed E-state index contributed by atoms with van der Waals surface area (Å²) >= 11 is 0. The summed E-state index contributed by atoms with van der Waals surface area (Å²) in [4.78, 5) is 10.1. The number of hydrogen-bond donors (Lipinski definition) is 1. The number of para-hydroxylation sites is 1. The maximum Gasteiger partial charge on any atom is 0.129 e. The van der Waals surface area contributed by atoms with E-state index < -0.39 is 0 Å². The van der Waals surface area contributed by atoms with Gasteiger partial charge < -0.3 is 9.72 Å². The van der Waals surface area contributed by atoms with E-state index in [9.17, 15) is 0 Å². The van der Waals surface area contributed by atoms with Crippen LogP contribution < -0.4 is 4.74 Å². The van der Waals surface area contributed by atoms with E-state index in [0.717, 1.165) is 50.3 Å². The Morgan fingerprint density at radius 3 is 3.04 bits per heavy atom. The van der Waals surface area contributed by atoms with Crippen molar-refractivity contribution < 1.29 is 4.74 Å². The second-order valence-corrected chi connectivity index (χ2v) is 6.64. The molecular formula is C19H23N3O. The van der Waals surface area contributed by atoms with Gasteiger partial charge in [0.1, 0.15) is 11.4 Å². The monoisotopic (exact) mass is 309 g/mol. The molecule has 0 saturated carbocycles. The van der Waals surface area contributed by atoms with Crippen LogP contribution in [-0.4, -0.2) is 33.6 Å².